The van der Waals surface area contributed by atoms with Gasteiger partial charge in [0.15, 0.2) is 0 Å². The zero-order valence-corrected chi connectivity index (χ0v) is 13.8. The van der Waals surface area contributed by atoms with Crippen molar-refractivity contribution in [3.05, 3.63) is 58.3 Å². The maximum absolute atomic E-state index is 12.6. The highest BCUT2D eigenvalue weighted by molar-refractivity contribution is 7.10. The molecular weight excluding hydrogens is 308 g/mol. The van der Waals surface area contributed by atoms with Crippen molar-refractivity contribution in [1.29, 1.82) is 0 Å². The van der Waals surface area contributed by atoms with Gasteiger partial charge in [-0.05, 0) is 36.3 Å². The molecule has 1 aromatic heterocycles. The van der Waals surface area contributed by atoms with Crippen LogP contribution < -0.4 is 5.32 Å². The Morgan fingerprint density at radius 2 is 2.04 bits per heavy atom. The van der Waals surface area contributed by atoms with E-state index in [1.165, 1.54) is 5.56 Å². The Labute approximate surface area is 140 Å². The number of amides is 2. The minimum absolute atomic E-state index is 0.00622. The molecule has 1 aliphatic carbocycles. The van der Waals surface area contributed by atoms with Crippen LogP contribution in [0.1, 0.15) is 29.3 Å². The number of benzene rings is 1. The van der Waals surface area contributed by atoms with E-state index in [1.54, 1.807) is 16.2 Å². The number of rotatable bonds is 7. The molecule has 1 aliphatic rings. The van der Waals surface area contributed by atoms with E-state index in [-0.39, 0.29) is 18.7 Å². The Balaban J connectivity index is 1.72. The lowest BCUT2D eigenvalue weighted by Gasteiger charge is -2.26. The van der Waals surface area contributed by atoms with Crippen LogP contribution in [0.5, 0.6) is 0 Å². The second kappa shape index (κ2) is 7.62. The van der Waals surface area contributed by atoms with Crippen molar-refractivity contribution in [2.24, 2.45) is 0 Å². The van der Waals surface area contributed by atoms with Gasteiger partial charge >= 0.3 is 6.03 Å². The molecule has 0 spiro atoms. The summed E-state index contributed by atoms with van der Waals surface area (Å²) in [6.07, 6.45) is 2.84. The third kappa shape index (κ3) is 4.33. The molecule has 2 amide bonds. The molecule has 23 heavy (non-hydrogen) atoms. The van der Waals surface area contributed by atoms with E-state index in [0.29, 0.717) is 12.6 Å². The molecule has 1 fully saturated rings. The SMILES string of the molecule is O=C(NC(Cc1ccccc1)c1cccs1)N(CCO)C1CC1. The summed E-state index contributed by atoms with van der Waals surface area (Å²) in [5.41, 5.74) is 1.20. The molecule has 0 bridgehead atoms. The van der Waals surface area contributed by atoms with Gasteiger partial charge in [-0.2, -0.15) is 0 Å². The number of urea groups is 1. The number of aliphatic hydroxyl groups excluding tert-OH is 1. The maximum atomic E-state index is 12.6. The average Bonchev–Trinajstić information content (AvgIpc) is 3.25. The molecule has 5 heteroatoms. The number of nitrogens with one attached hydrogen (secondary N) is 1. The van der Waals surface area contributed by atoms with Gasteiger partial charge in [-0.1, -0.05) is 36.4 Å². The molecule has 1 unspecified atom stereocenters. The zero-order valence-electron chi connectivity index (χ0n) is 13.0. The van der Waals surface area contributed by atoms with E-state index in [4.69, 9.17) is 0 Å². The molecule has 0 radical (unpaired) electrons. The first-order valence-electron chi connectivity index (χ1n) is 8.03. The van der Waals surface area contributed by atoms with Gasteiger partial charge in [-0.15, -0.1) is 11.3 Å². The van der Waals surface area contributed by atoms with Crippen molar-refractivity contribution in [2.75, 3.05) is 13.2 Å². The average molecular weight is 330 g/mol. The summed E-state index contributed by atoms with van der Waals surface area (Å²) in [7, 11) is 0. The van der Waals surface area contributed by atoms with Crippen molar-refractivity contribution in [2.45, 2.75) is 31.3 Å². The molecule has 2 aromatic rings. The maximum Gasteiger partial charge on any atom is 0.318 e. The molecule has 4 nitrogen and oxygen atoms in total. The molecule has 1 aromatic carbocycles. The van der Waals surface area contributed by atoms with E-state index in [9.17, 15) is 9.90 Å². The molecule has 2 N–H and O–H groups in total. The Hall–Kier alpha value is -1.85. The topological polar surface area (TPSA) is 52.6 Å². The Kier molecular flexibility index (Phi) is 5.31. The lowest BCUT2D eigenvalue weighted by Crippen LogP contribution is -2.44. The van der Waals surface area contributed by atoms with Crippen LogP contribution in [0.3, 0.4) is 0 Å². The molecule has 1 atom stereocenters. The van der Waals surface area contributed by atoms with Gasteiger partial charge in [0.05, 0.1) is 12.6 Å². The third-order valence-electron chi connectivity index (χ3n) is 4.06. The number of hydrogen-bond acceptors (Lipinski definition) is 3. The number of carbonyl (C=O) groups is 1. The molecule has 0 aliphatic heterocycles. The van der Waals surface area contributed by atoms with E-state index >= 15 is 0 Å². The van der Waals surface area contributed by atoms with Gasteiger partial charge in [0, 0.05) is 17.5 Å². The second-order valence-corrected chi connectivity index (χ2v) is 6.83. The van der Waals surface area contributed by atoms with Crippen LogP contribution in [-0.2, 0) is 6.42 Å². The standard InChI is InChI=1S/C18H22N2O2S/c21-11-10-20(15-8-9-15)18(22)19-16(17-7-4-12-23-17)13-14-5-2-1-3-6-14/h1-7,12,15-16,21H,8-11,13H2,(H,19,22). The monoisotopic (exact) mass is 330 g/mol. The van der Waals surface area contributed by atoms with E-state index < -0.39 is 0 Å². The normalized spacial score (nSPS) is 15.2. The number of aliphatic hydroxyl groups is 1. The van der Waals surface area contributed by atoms with Crippen molar-refractivity contribution in [1.82, 2.24) is 10.2 Å². The summed E-state index contributed by atoms with van der Waals surface area (Å²) in [5, 5.41) is 14.4. The lowest BCUT2D eigenvalue weighted by atomic mass is 10.0. The molecule has 1 saturated carbocycles. The summed E-state index contributed by atoms with van der Waals surface area (Å²) in [5.74, 6) is 0. The van der Waals surface area contributed by atoms with Crippen LogP contribution in [0.4, 0.5) is 4.79 Å². The van der Waals surface area contributed by atoms with Crippen LogP contribution in [0.2, 0.25) is 0 Å². The number of nitrogens with zero attached hydrogens (tertiary/aromatic N) is 1. The van der Waals surface area contributed by atoms with Gasteiger partial charge in [0.1, 0.15) is 0 Å². The van der Waals surface area contributed by atoms with Gasteiger partial charge in [0.2, 0.25) is 0 Å². The first kappa shape index (κ1) is 16.0. The lowest BCUT2D eigenvalue weighted by molar-refractivity contribution is 0.170. The van der Waals surface area contributed by atoms with Crippen molar-refractivity contribution < 1.29 is 9.90 Å². The minimum atomic E-state index is -0.0733. The summed E-state index contributed by atoms with van der Waals surface area (Å²) >= 11 is 1.66. The highest BCUT2D eigenvalue weighted by atomic mass is 32.1. The van der Waals surface area contributed by atoms with E-state index in [0.717, 1.165) is 24.1 Å². The molecule has 122 valence electrons. The van der Waals surface area contributed by atoms with Crippen molar-refractivity contribution >= 4 is 17.4 Å². The van der Waals surface area contributed by atoms with E-state index in [1.807, 2.05) is 29.6 Å². The van der Waals surface area contributed by atoms with Crippen molar-refractivity contribution in [3.8, 4) is 0 Å². The van der Waals surface area contributed by atoms with Gasteiger partial charge in [0.25, 0.3) is 0 Å². The quantitative estimate of drug-likeness (QED) is 0.819. The fourth-order valence-electron chi connectivity index (χ4n) is 2.74. The fourth-order valence-corrected chi connectivity index (χ4v) is 3.52. The first-order valence-corrected chi connectivity index (χ1v) is 8.91. The van der Waals surface area contributed by atoms with Crippen molar-refractivity contribution in [3.63, 3.8) is 0 Å². The van der Waals surface area contributed by atoms with Crippen LogP contribution in [0, 0.1) is 0 Å². The summed E-state index contributed by atoms with van der Waals surface area (Å²) in [4.78, 5) is 15.5. The predicted octanol–water partition coefficient (Wildman–Crippen LogP) is 3.20. The minimum Gasteiger partial charge on any atom is -0.395 e. The van der Waals surface area contributed by atoms with Crippen LogP contribution in [-0.4, -0.2) is 35.2 Å². The number of thiophene rings is 1. The summed E-state index contributed by atoms with van der Waals surface area (Å²) in [6, 6.07) is 14.5. The molecular formula is C18H22N2O2S. The van der Waals surface area contributed by atoms with Crippen LogP contribution >= 0.6 is 11.3 Å². The zero-order chi connectivity index (χ0) is 16.1. The largest absolute Gasteiger partial charge is 0.395 e. The first-order chi connectivity index (χ1) is 11.3. The predicted molar refractivity (Wildman–Crippen MR) is 92.6 cm³/mol. The van der Waals surface area contributed by atoms with Gasteiger partial charge in [-0.3, -0.25) is 0 Å². The smallest absolute Gasteiger partial charge is 0.318 e. The Morgan fingerprint density at radius 1 is 1.26 bits per heavy atom. The fraction of sp³-hybridized carbons (Fsp3) is 0.389. The Bertz CT molecular complexity index is 611. The van der Waals surface area contributed by atoms with Gasteiger partial charge in [-0.25, -0.2) is 4.79 Å². The highest BCUT2D eigenvalue weighted by Crippen LogP contribution is 2.28. The third-order valence-corrected chi connectivity index (χ3v) is 5.04. The molecule has 3 rings (SSSR count). The van der Waals surface area contributed by atoms with Gasteiger partial charge < -0.3 is 15.3 Å². The van der Waals surface area contributed by atoms with E-state index in [2.05, 4.69) is 23.5 Å². The highest BCUT2D eigenvalue weighted by Gasteiger charge is 2.33. The summed E-state index contributed by atoms with van der Waals surface area (Å²) in [6.45, 7) is 0.408. The van der Waals surface area contributed by atoms with Crippen LogP contribution in [0.15, 0.2) is 47.8 Å². The number of hydrogen-bond donors (Lipinski definition) is 2. The molecule has 0 saturated heterocycles. The summed E-state index contributed by atoms with van der Waals surface area (Å²) < 4.78 is 0. The number of carbonyl (C=O) groups excluding carboxylic acids is 1. The molecule has 1 heterocycles. The Morgan fingerprint density at radius 3 is 2.65 bits per heavy atom. The van der Waals surface area contributed by atoms with Crippen LogP contribution in [0.25, 0.3) is 0 Å². The second-order valence-electron chi connectivity index (χ2n) is 5.86.